The van der Waals surface area contributed by atoms with Crippen LogP contribution >= 0.6 is 0 Å². The Balaban J connectivity index is 0.000000160. The highest BCUT2D eigenvalue weighted by atomic mass is 16.1. The largest absolute Gasteiger partial charge is 0.355 e. The molecular formula is C14H21N5O. The second-order valence-corrected chi connectivity index (χ2v) is 4.71. The summed E-state index contributed by atoms with van der Waals surface area (Å²) in [6.45, 7) is 2.85. The molecular weight excluding hydrogens is 254 g/mol. The topological polar surface area (TPSA) is 81.8 Å². The van der Waals surface area contributed by atoms with Crippen LogP contribution in [-0.2, 0) is 11.3 Å². The molecule has 0 spiro atoms. The highest BCUT2D eigenvalue weighted by Gasteiger charge is 2.11. The molecule has 0 saturated carbocycles. The predicted molar refractivity (Wildman–Crippen MR) is 79.3 cm³/mol. The first kappa shape index (κ1) is 14.5. The summed E-state index contributed by atoms with van der Waals surface area (Å²) in [7, 11) is 1.94. The van der Waals surface area contributed by atoms with Gasteiger partial charge in [0.1, 0.15) is 5.65 Å². The Kier molecular flexibility index (Phi) is 5.52. The summed E-state index contributed by atoms with van der Waals surface area (Å²) in [6.07, 6.45) is 5.57. The van der Waals surface area contributed by atoms with Crippen LogP contribution in [0.3, 0.4) is 0 Å². The zero-order chi connectivity index (χ0) is 14.2. The van der Waals surface area contributed by atoms with Gasteiger partial charge in [-0.05, 0) is 37.7 Å². The lowest BCUT2D eigenvalue weighted by Gasteiger charge is -2.02. The summed E-state index contributed by atoms with van der Waals surface area (Å²) in [5.74, 6) is 0. The first-order valence-corrected chi connectivity index (χ1v) is 6.81. The van der Waals surface area contributed by atoms with E-state index >= 15 is 0 Å². The molecule has 1 aliphatic rings. The molecule has 0 aliphatic carbocycles. The fraction of sp³-hybridized carbons (Fsp3) is 0.429. The van der Waals surface area contributed by atoms with Gasteiger partial charge in [-0.25, -0.2) is 4.98 Å². The molecule has 2 aromatic rings. The number of nitrogens with one attached hydrogen (secondary N) is 4. The van der Waals surface area contributed by atoms with Gasteiger partial charge in [0.15, 0.2) is 0 Å². The van der Waals surface area contributed by atoms with Gasteiger partial charge < -0.3 is 20.9 Å². The van der Waals surface area contributed by atoms with Gasteiger partial charge >= 0.3 is 0 Å². The molecule has 108 valence electrons. The minimum atomic E-state index is 0.382. The van der Waals surface area contributed by atoms with Crippen LogP contribution < -0.4 is 16.0 Å². The van der Waals surface area contributed by atoms with E-state index in [4.69, 9.17) is 0 Å². The number of amides is 1. The van der Waals surface area contributed by atoms with E-state index in [1.165, 1.54) is 10.9 Å². The van der Waals surface area contributed by atoms with Gasteiger partial charge in [-0.1, -0.05) is 0 Å². The molecule has 20 heavy (non-hydrogen) atoms. The molecule has 2 aromatic heterocycles. The summed E-state index contributed by atoms with van der Waals surface area (Å²) in [6, 6.07) is 4.47. The van der Waals surface area contributed by atoms with Gasteiger partial charge in [0, 0.05) is 36.9 Å². The Hall–Kier alpha value is -1.92. The second-order valence-electron chi connectivity index (χ2n) is 4.71. The minimum Gasteiger partial charge on any atom is -0.355 e. The number of pyridine rings is 1. The number of hydrogen-bond acceptors (Lipinski definition) is 4. The number of carbonyl (C=O) groups is 1. The van der Waals surface area contributed by atoms with Crippen molar-refractivity contribution in [2.75, 3.05) is 20.1 Å². The van der Waals surface area contributed by atoms with Gasteiger partial charge in [0.05, 0.1) is 0 Å². The second kappa shape index (κ2) is 7.62. The highest BCUT2D eigenvalue weighted by Crippen LogP contribution is 2.14. The molecule has 3 heterocycles. The molecule has 6 nitrogen and oxygen atoms in total. The van der Waals surface area contributed by atoms with Gasteiger partial charge in [0.2, 0.25) is 6.41 Å². The molecule has 1 fully saturated rings. The molecule has 4 N–H and O–H groups in total. The first-order valence-electron chi connectivity index (χ1n) is 6.81. The van der Waals surface area contributed by atoms with Crippen LogP contribution in [0.1, 0.15) is 12.0 Å². The average Bonchev–Trinajstić information content (AvgIpc) is 3.11. The number of hydrogen-bond donors (Lipinski definition) is 4. The molecule has 0 radical (unpaired) electrons. The third-order valence-electron chi connectivity index (χ3n) is 3.28. The number of carbonyl (C=O) groups excluding carboxylic acids is 1. The van der Waals surface area contributed by atoms with E-state index in [-0.39, 0.29) is 0 Å². The molecule has 1 saturated heterocycles. The van der Waals surface area contributed by atoms with Crippen molar-refractivity contribution in [3.63, 3.8) is 0 Å². The molecule has 3 rings (SSSR count). The summed E-state index contributed by atoms with van der Waals surface area (Å²) in [5.41, 5.74) is 2.24. The predicted octanol–water partition coefficient (Wildman–Crippen LogP) is 0.377. The fourth-order valence-electron chi connectivity index (χ4n) is 2.26. The molecule has 6 heteroatoms. The van der Waals surface area contributed by atoms with E-state index in [0.29, 0.717) is 6.04 Å². The maximum Gasteiger partial charge on any atom is 0.207 e. The van der Waals surface area contributed by atoms with Gasteiger partial charge in [-0.15, -0.1) is 0 Å². The summed E-state index contributed by atoms with van der Waals surface area (Å²) >= 11 is 0. The SMILES string of the molecule is CNCc1ccnc2[nH]ccc12.O=CNC1CCNC1. The molecule has 0 aromatic carbocycles. The van der Waals surface area contributed by atoms with Crippen LogP contribution in [0.5, 0.6) is 0 Å². The lowest BCUT2D eigenvalue weighted by atomic mass is 10.2. The lowest BCUT2D eigenvalue weighted by molar-refractivity contribution is -0.110. The van der Waals surface area contributed by atoms with Crippen LogP contribution in [0.2, 0.25) is 0 Å². The van der Waals surface area contributed by atoms with Crippen LogP contribution in [-0.4, -0.2) is 42.6 Å². The lowest BCUT2D eigenvalue weighted by Crippen LogP contribution is -2.29. The van der Waals surface area contributed by atoms with Gasteiger partial charge in [-0.2, -0.15) is 0 Å². The maximum atomic E-state index is 9.82. The number of aromatic nitrogens is 2. The standard InChI is InChI=1S/C9H11N3.C5H10N2O/c1-10-6-7-2-4-11-9-8(7)3-5-12-9;8-4-7-5-1-2-6-3-5/h2-5,10H,6H2,1H3,(H,11,12);4-6H,1-3H2,(H,7,8). The summed E-state index contributed by atoms with van der Waals surface area (Å²) in [4.78, 5) is 17.1. The van der Waals surface area contributed by atoms with Crippen LogP contribution in [0.4, 0.5) is 0 Å². The molecule has 0 bridgehead atoms. The van der Waals surface area contributed by atoms with E-state index < -0.39 is 0 Å². The normalized spacial score (nSPS) is 17.6. The van der Waals surface area contributed by atoms with Gasteiger partial charge in [-0.3, -0.25) is 4.79 Å². The van der Waals surface area contributed by atoms with Crippen molar-refractivity contribution in [3.8, 4) is 0 Å². The van der Waals surface area contributed by atoms with Crippen molar-refractivity contribution < 1.29 is 4.79 Å². The van der Waals surface area contributed by atoms with Crippen molar-refractivity contribution in [3.05, 3.63) is 30.1 Å². The van der Waals surface area contributed by atoms with E-state index in [2.05, 4.69) is 32.0 Å². The summed E-state index contributed by atoms with van der Waals surface area (Å²) < 4.78 is 0. The minimum absolute atomic E-state index is 0.382. The zero-order valence-corrected chi connectivity index (χ0v) is 11.6. The Morgan fingerprint density at radius 1 is 1.50 bits per heavy atom. The molecule has 1 atom stereocenters. The van der Waals surface area contributed by atoms with Crippen molar-refractivity contribution in [2.45, 2.75) is 19.0 Å². The zero-order valence-electron chi connectivity index (χ0n) is 11.6. The number of aromatic amines is 1. The van der Waals surface area contributed by atoms with Crippen LogP contribution in [0.25, 0.3) is 11.0 Å². The third kappa shape index (κ3) is 3.79. The number of rotatable bonds is 4. The maximum absolute atomic E-state index is 9.82. The number of fused-ring (bicyclic) bond motifs is 1. The molecule has 1 aliphatic heterocycles. The number of nitrogens with zero attached hydrogens (tertiary/aromatic N) is 1. The summed E-state index contributed by atoms with van der Waals surface area (Å²) in [5, 5.41) is 10.2. The Labute approximate surface area is 118 Å². The third-order valence-corrected chi connectivity index (χ3v) is 3.28. The van der Waals surface area contributed by atoms with E-state index in [1.54, 1.807) is 0 Å². The first-order chi connectivity index (χ1) is 9.85. The van der Waals surface area contributed by atoms with Crippen LogP contribution in [0.15, 0.2) is 24.5 Å². The van der Waals surface area contributed by atoms with E-state index in [9.17, 15) is 4.79 Å². The quantitative estimate of drug-likeness (QED) is 0.608. The van der Waals surface area contributed by atoms with E-state index in [0.717, 1.165) is 38.1 Å². The monoisotopic (exact) mass is 275 g/mol. The van der Waals surface area contributed by atoms with Crippen LogP contribution in [0, 0.1) is 0 Å². The van der Waals surface area contributed by atoms with Crippen molar-refractivity contribution >= 4 is 17.4 Å². The van der Waals surface area contributed by atoms with Crippen molar-refractivity contribution in [2.24, 2.45) is 0 Å². The molecule has 1 unspecified atom stereocenters. The average molecular weight is 275 g/mol. The highest BCUT2D eigenvalue weighted by molar-refractivity contribution is 5.78. The van der Waals surface area contributed by atoms with Crippen molar-refractivity contribution in [1.82, 2.24) is 25.9 Å². The van der Waals surface area contributed by atoms with Gasteiger partial charge in [0.25, 0.3) is 0 Å². The van der Waals surface area contributed by atoms with E-state index in [1.807, 2.05) is 25.5 Å². The Bertz CT molecular complexity index is 533. The number of H-pyrrole nitrogens is 1. The Morgan fingerprint density at radius 3 is 3.10 bits per heavy atom. The van der Waals surface area contributed by atoms with Crippen molar-refractivity contribution in [1.29, 1.82) is 0 Å². The Morgan fingerprint density at radius 2 is 2.40 bits per heavy atom. The smallest absolute Gasteiger partial charge is 0.207 e. The fourth-order valence-corrected chi connectivity index (χ4v) is 2.26. The molecule has 1 amide bonds.